The van der Waals surface area contributed by atoms with Crippen LogP contribution in [0, 0.1) is 12.8 Å². The highest BCUT2D eigenvalue weighted by Gasteiger charge is 2.28. The lowest BCUT2D eigenvalue weighted by Gasteiger charge is -2.15. The molecule has 1 atom stereocenters. The van der Waals surface area contributed by atoms with Crippen molar-refractivity contribution in [1.82, 2.24) is 20.0 Å². The first-order valence-corrected chi connectivity index (χ1v) is 9.12. The molecule has 1 aliphatic heterocycles. The van der Waals surface area contributed by atoms with E-state index in [1.807, 2.05) is 42.9 Å². The van der Waals surface area contributed by atoms with Crippen LogP contribution < -0.4 is 5.32 Å². The quantitative estimate of drug-likeness (QED) is 0.861. The number of aryl methyl sites for hydroxylation is 2. The van der Waals surface area contributed by atoms with Crippen molar-refractivity contribution in [2.24, 2.45) is 13.0 Å². The molecule has 1 saturated heterocycles. The Balaban J connectivity index is 1.42. The monoisotopic (exact) mass is 360 g/mol. The number of carbonyl (C=O) groups excluding carboxylic acids is 1. The minimum absolute atomic E-state index is 0.0854. The molecule has 0 aliphatic carbocycles. The third kappa shape index (κ3) is 4.83. The average molecular weight is 361 g/mol. The molecule has 2 aromatic rings. The van der Waals surface area contributed by atoms with Crippen LogP contribution in [0.5, 0.6) is 0 Å². The standard InChI is InChI=1S/C19H25ClN4O/c1-14-17(11-23(2)22-14)13-24-10-8-16(12-24)19(25)21-9-7-15-3-5-18(20)6-4-15/h3-6,11,16H,7-10,12-13H2,1-2H3,(H,21,25)/t16-/m1/s1. The minimum Gasteiger partial charge on any atom is -0.355 e. The zero-order valence-electron chi connectivity index (χ0n) is 14.8. The van der Waals surface area contributed by atoms with Crippen LogP contribution in [0.15, 0.2) is 30.5 Å². The second-order valence-electron chi connectivity index (χ2n) is 6.80. The van der Waals surface area contributed by atoms with Crippen molar-refractivity contribution in [3.05, 3.63) is 52.3 Å². The van der Waals surface area contributed by atoms with E-state index in [1.165, 1.54) is 11.1 Å². The fourth-order valence-electron chi connectivity index (χ4n) is 3.36. The number of aromatic nitrogens is 2. The first-order valence-electron chi connectivity index (χ1n) is 8.75. The Morgan fingerprint density at radius 1 is 1.36 bits per heavy atom. The summed E-state index contributed by atoms with van der Waals surface area (Å²) in [6, 6.07) is 7.77. The Morgan fingerprint density at radius 2 is 2.12 bits per heavy atom. The number of likely N-dealkylation sites (tertiary alicyclic amines) is 1. The summed E-state index contributed by atoms with van der Waals surface area (Å²) in [5, 5.41) is 8.20. The zero-order valence-corrected chi connectivity index (χ0v) is 15.6. The number of nitrogens with zero attached hydrogens (tertiary/aromatic N) is 3. The summed E-state index contributed by atoms with van der Waals surface area (Å²) in [4.78, 5) is 14.7. The van der Waals surface area contributed by atoms with Gasteiger partial charge in [-0.3, -0.25) is 14.4 Å². The third-order valence-electron chi connectivity index (χ3n) is 4.78. The number of amides is 1. The maximum atomic E-state index is 12.4. The lowest BCUT2D eigenvalue weighted by molar-refractivity contribution is -0.124. The summed E-state index contributed by atoms with van der Waals surface area (Å²) in [6.07, 6.45) is 3.81. The van der Waals surface area contributed by atoms with E-state index in [0.29, 0.717) is 6.54 Å². The predicted molar refractivity (Wildman–Crippen MR) is 99.5 cm³/mol. The lowest BCUT2D eigenvalue weighted by atomic mass is 10.1. The van der Waals surface area contributed by atoms with Gasteiger partial charge >= 0.3 is 0 Å². The molecule has 0 spiro atoms. The fraction of sp³-hybridized carbons (Fsp3) is 0.474. The van der Waals surface area contributed by atoms with Crippen molar-refractivity contribution < 1.29 is 4.79 Å². The summed E-state index contributed by atoms with van der Waals surface area (Å²) in [5.41, 5.74) is 3.49. The van der Waals surface area contributed by atoms with Crippen LogP contribution in [-0.4, -0.2) is 40.2 Å². The zero-order chi connectivity index (χ0) is 17.8. The van der Waals surface area contributed by atoms with Crippen molar-refractivity contribution in [3.8, 4) is 0 Å². The van der Waals surface area contributed by atoms with E-state index in [2.05, 4.69) is 21.5 Å². The molecule has 1 aromatic heterocycles. The first-order chi connectivity index (χ1) is 12.0. The van der Waals surface area contributed by atoms with Gasteiger partial charge < -0.3 is 5.32 Å². The first kappa shape index (κ1) is 18.0. The van der Waals surface area contributed by atoms with E-state index >= 15 is 0 Å². The summed E-state index contributed by atoms with van der Waals surface area (Å²) in [7, 11) is 1.94. The van der Waals surface area contributed by atoms with Gasteiger partial charge in [0.15, 0.2) is 0 Å². The number of halogens is 1. The molecule has 1 aliphatic rings. The number of benzene rings is 1. The summed E-state index contributed by atoms with van der Waals surface area (Å²) in [5.74, 6) is 0.251. The predicted octanol–water partition coefficient (Wildman–Crippen LogP) is 2.56. The molecule has 1 N–H and O–H groups in total. The van der Waals surface area contributed by atoms with E-state index < -0.39 is 0 Å². The van der Waals surface area contributed by atoms with Crippen molar-refractivity contribution in [2.75, 3.05) is 19.6 Å². The van der Waals surface area contributed by atoms with Gasteiger partial charge in [-0.25, -0.2) is 0 Å². The average Bonchev–Trinajstić information content (AvgIpc) is 3.16. The van der Waals surface area contributed by atoms with Gasteiger partial charge in [0.1, 0.15) is 0 Å². The number of hydrogen-bond acceptors (Lipinski definition) is 3. The van der Waals surface area contributed by atoms with Crippen LogP contribution in [0.1, 0.15) is 23.2 Å². The Morgan fingerprint density at radius 3 is 2.80 bits per heavy atom. The largest absolute Gasteiger partial charge is 0.355 e. The molecule has 1 aromatic carbocycles. The van der Waals surface area contributed by atoms with E-state index in [9.17, 15) is 4.79 Å². The van der Waals surface area contributed by atoms with Crippen LogP contribution in [0.25, 0.3) is 0 Å². The lowest BCUT2D eigenvalue weighted by Crippen LogP contribution is -2.34. The molecule has 0 bridgehead atoms. The van der Waals surface area contributed by atoms with Gasteiger partial charge in [0.25, 0.3) is 0 Å². The van der Waals surface area contributed by atoms with Crippen LogP contribution in [0.3, 0.4) is 0 Å². The van der Waals surface area contributed by atoms with Crippen LogP contribution in [0.4, 0.5) is 0 Å². The maximum Gasteiger partial charge on any atom is 0.224 e. The molecule has 1 amide bonds. The molecule has 5 nitrogen and oxygen atoms in total. The number of carbonyl (C=O) groups is 1. The van der Waals surface area contributed by atoms with E-state index in [-0.39, 0.29) is 11.8 Å². The molecule has 2 heterocycles. The molecular weight excluding hydrogens is 336 g/mol. The van der Waals surface area contributed by atoms with E-state index in [0.717, 1.165) is 43.2 Å². The van der Waals surface area contributed by atoms with Gasteiger partial charge in [-0.2, -0.15) is 5.10 Å². The summed E-state index contributed by atoms with van der Waals surface area (Å²) >= 11 is 5.89. The molecule has 3 rings (SSSR count). The van der Waals surface area contributed by atoms with Crippen molar-refractivity contribution in [1.29, 1.82) is 0 Å². The number of rotatable bonds is 6. The van der Waals surface area contributed by atoms with Gasteiger partial charge in [0.2, 0.25) is 5.91 Å². The highest BCUT2D eigenvalue weighted by molar-refractivity contribution is 6.30. The Labute approximate surface area is 154 Å². The molecule has 6 heteroatoms. The fourth-order valence-corrected chi connectivity index (χ4v) is 3.49. The molecule has 0 radical (unpaired) electrons. The van der Waals surface area contributed by atoms with E-state index in [1.54, 1.807) is 0 Å². The number of nitrogens with one attached hydrogen (secondary N) is 1. The molecule has 134 valence electrons. The third-order valence-corrected chi connectivity index (χ3v) is 5.03. The molecule has 0 unspecified atom stereocenters. The topological polar surface area (TPSA) is 50.2 Å². The van der Waals surface area contributed by atoms with Crippen LogP contribution >= 0.6 is 11.6 Å². The van der Waals surface area contributed by atoms with Crippen molar-refractivity contribution >= 4 is 17.5 Å². The van der Waals surface area contributed by atoms with Crippen molar-refractivity contribution in [3.63, 3.8) is 0 Å². The molecule has 0 saturated carbocycles. The Bertz CT molecular complexity index is 726. The van der Waals surface area contributed by atoms with Gasteiger partial charge in [0, 0.05) is 43.5 Å². The normalized spacial score (nSPS) is 17.8. The Kier molecular flexibility index (Phi) is 5.76. The van der Waals surface area contributed by atoms with Gasteiger partial charge in [-0.05, 0) is 44.0 Å². The maximum absolute atomic E-state index is 12.4. The van der Waals surface area contributed by atoms with Crippen molar-refractivity contribution in [2.45, 2.75) is 26.3 Å². The SMILES string of the molecule is Cc1nn(C)cc1CN1CC[C@@H](C(=O)NCCc2ccc(Cl)cc2)C1. The molecular formula is C19H25ClN4O. The van der Waals surface area contributed by atoms with Gasteiger partial charge in [-0.15, -0.1) is 0 Å². The highest BCUT2D eigenvalue weighted by Crippen LogP contribution is 2.20. The van der Waals surface area contributed by atoms with E-state index in [4.69, 9.17) is 11.6 Å². The van der Waals surface area contributed by atoms with Crippen LogP contribution in [-0.2, 0) is 24.8 Å². The minimum atomic E-state index is 0.0854. The van der Waals surface area contributed by atoms with Gasteiger partial charge in [0.05, 0.1) is 11.6 Å². The smallest absolute Gasteiger partial charge is 0.224 e. The molecule has 1 fully saturated rings. The van der Waals surface area contributed by atoms with Gasteiger partial charge in [-0.1, -0.05) is 23.7 Å². The second kappa shape index (κ2) is 8.02. The summed E-state index contributed by atoms with van der Waals surface area (Å²) < 4.78 is 1.85. The second-order valence-corrected chi connectivity index (χ2v) is 7.24. The van der Waals surface area contributed by atoms with Crippen LogP contribution in [0.2, 0.25) is 5.02 Å². The highest BCUT2D eigenvalue weighted by atomic mass is 35.5. The molecule has 25 heavy (non-hydrogen) atoms. The summed E-state index contributed by atoms with van der Waals surface area (Å²) in [6.45, 7) is 5.35. The Hall–Kier alpha value is -1.85. The number of hydrogen-bond donors (Lipinski definition) is 1.